The second kappa shape index (κ2) is 6.80. The van der Waals surface area contributed by atoms with Crippen LogP contribution in [-0.4, -0.2) is 23.2 Å². The largest absolute Gasteiger partial charge is 0.489 e. The first-order chi connectivity index (χ1) is 11.1. The molecule has 2 aromatic rings. The molecule has 0 saturated carbocycles. The lowest BCUT2D eigenvalue weighted by atomic mass is 10.1. The molecular weight excluding hydrogens is 352 g/mol. The van der Waals surface area contributed by atoms with Gasteiger partial charge in [-0.05, 0) is 26.0 Å². The summed E-state index contributed by atoms with van der Waals surface area (Å²) in [7, 11) is 1.13. The van der Waals surface area contributed by atoms with Crippen LogP contribution in [0.2, 0.25) is 5.02 Å². The zero-order chi connectivity index (χ0) is 18.1. The standard InChI is InChI=1S/C15H13ClF4N2O2/c1-7(2)24-12-4-8(11(17)5-10(12)16)9-6-21-14(15(18,19)20)22-13(9)23-3/h4-7H,1-3H3. The van der Waals surface area contributed by atoms with E-state index in [0.29, 0.717) is 0 Å². The van der Waals surface area contributed by atoms with Crippen LogP contribution in [0, 0.1) is 5.82 Å². The topological polar surface area (TPSA) is 44.2 Å². The highest BCUT2D eigenvalue weighted by atomic mass is 35.5. The van der Waals surface area contributed by atoms with Gasteiger partial charge in [0.1, 0.15) is 11.6 Å². The van der Waals surface area contributed by atoms with Gasteiger partial charge >= 0.3 is 6.18 Å². The first kappa shape index (κ1) is 18.3. The summed E-state index contributed by atoms with van der Waals surface area (Å²) >= 11 is 5.92. The van der Waals surface area contributed by atoms with Crippen molar-refractivity contribution < 1.29 is 27.0 Å². The number of methoxy groups -OCH3 is 1. The summed E-state index contributed by atoms with van der Waals surface area (Å²) in [5.74, 6) is -2.37. The molecule has 0 radical (unpaired) electrons. The van der Waals surface area contributed by atoms with Gasteiger partial charge in [-0.1, -0.05) is 11.6 Å². The van der Waals surface area contributed by atoms with Crippen LogP contribution in [0.4, 0.5) is 17.6 Å². The van der Waals surface area contributed by atoms with Gasteiger partial charge in [0.2, 0.25) is 11.7 Å². The van der Waals surface area contributed by atoms with Crippen molar-refractivity contribution in [1.82, 2.24) is 9.97 Å². The minimum Gasteiger partial charge on any atom is -0.489 e. The van der Waals surface area contributed by atoms with Crippen molar-refractivity contribution in [2.24, 2.45) is 0 Å². The Balaban J connectivity index is 2.59. The van der Waals surface area contributed by atoms with Gasteiger partial charge in [0.05, 0.1) is 23.8 Å². The number of halogens is 5. The number of alkyl halides is 3. The van der Waals surface area contributed by atoms with Gasteiger partial charge in [-0.25, -0.2) is 9.37 Å². The summed E-state index contributed by atoms with van der Waals surface area (Å²) in [6.07, 6.45) is -4.12. The zero-order valence-electron chi connectivity index (χ0n) is 12.9. The molecule has 4 nitrogen and oxygen atoms in total. The number of aromatic nitrogens is 2. The van der Waals surface area contributed by atoms with Crippen molar-refractivity contribution in [2.75, 3.05) is 7.11 Å². The van der Waals surface area contributed by atoms with Crippen molar-refractivity contribution in [1.29, 1.82) is 0 Å². The predicted octanol–water partition coefficient (Wildman–Crippen LogP) is 4.75. The van der Waals surface area contributed by atoms with Gasteiger partial charge in [-0.3, -0.25) is 0 Å². The molecule has 0 fully saturated rings. The van der Waals surface area contributed by atoms with Crippen LogP contribution in [0.3, 0.4) is 0 Å². The van der Waals surface area contributed by atoms with Crippen molar-refractivity contribution in [3.8, 4) is 22.8 Å². The maximum Gasteiger partial charge on any atom is 0.451 e. The predicted molar refractivity (Wildman–Crippen MR) is 79.8 cm³/mol. The van der Waals surface area contributed by atoms with E-state index in [1.807, 2.05) is 0 Å². The molecule has 2 rings (SSSR count). The Morgan fingerprint density at radius 1 is 1.17 bits per heavy atom. The monoisotopic (exact) mass is 364 g/mol. The average Bonchev–Trinajstić information content (AvgIpc) is 2.48. The summed E-state index contributed by atoms with van der Waals surface area (Å²) in [5.41, 5.74) is -0.131. The van der Waals surface area contributed by atoms with E-state index in [4.69, 9.17) is 21.1 Å². The van der Waals surface area contributed by atoms with Gasteiger partial charge in [0, 0.05) is 11.8 Å². The zero-order valence-corrected chi connectivity index (χ0v) is 13.7. The third-order valence-electron chi connectivity index (χ3n) is 2.88. The fraction of sp³-hybridized carbons (Fsp3) is 0.333. The molecule has 9 heteroatoms. The van der Waals surface area contributed by atoms with E-state index in [0.717, 1.165) is 19.4 Å². The van der Waals surface area contributed by atoms with E-state index in [-0.39, 0.29) is 28.0 Å². The van der Waals surface area contributed by atoms with Crippen molar-refractivity contribution in [2.45, 2.75) is 26.1 Å². The first-order valence-electron chi connectivity index (χ1n) is 6.77. The Morgan fingerprint density at radius 2 is 1.83 bits per heavy atom. The Bertz CT molecular complexity index is 751. The van der Waals surface area contributed by atoms with E-state index in [1.54, 1.807) is 13.8 Å². The van der Waals surface area contributed by atoms with Crippen molar-refractivity contribution in [3.63, 3.8) is 0 Å². The first-order valence-corrected chi connectivity index (χ1v) is 7.15. The van der Waals surface area contributed by atoms with Gasteiger partial charge in [0.15, 0.2) is 0 Å². The molecule has 0 aliphatic heterocycles. The van der Waals surface area contributed by atoms with E-state index >= 15 is 0 Å². The van der Waals surface area contributed by atoms with E-state index in [1.165, 1.54) is 6.07 Å². The van der Waals surface area contributed by atoms with Gasteiger partial charge in [-0.2, -0.15) is 18.2 Å². The Labute approximate surface area is 140 Å². The molecule has 0 N–H and O–H groups in total. The quantitative estimate of drug-likeness (QED) is 0.734. The second-order valence-corrected chi connectivity index (χ2v) is 5.45. The summed E-state index contributed by atoms with van der Waals surface area (Å²) in [4.78, 5) is 6.53. The van der Waals surface area contributed by atoms with Gasteiger partial charge < -0.3 is 9.47 Å². The highest BCUT2D eigenvalue weighted by Gasteiger charge is 2.35. The molecule has 1 heterocycles. The number of hydrogen-bond donors (Lipinski definition) is 0. The highest BCUT2D eigenvalue weighted by Crippen LogP contribution is 2.38. The van der Waals surface area contributed by atoms with E-state index < -0.39 is 23.7 Å². The second-order valence-electron chi connectivity index (χ2n) is 5.04. The molecule has 0 atom stereocenters. The summed E-state index contributed by atoms with van der Waals surface area (Å²) < 4.78 is 62.6. The van der Waals surface area contributed by atoms with Crippen LogP contribution in [0.1, 0.15) is 19.7 Å². The minimum absolute atomic E-state index is 0.0387. The molecule has 0 amide bonds. The summed E-state index contributed by atoms with van der Waals surface area (Å²) in [6, 6.07) is 2.28. The number of hydrogen-bond acceptors (Lipinski definition) is 4. The van der Waals surface area contributed by atoms with Gasteiger partial charge in [0.25, 0.3) is 0 Å². The maximum absolute atomic E-state index is 14.2. The van der Waals surface area contributed by atoms with Crippen LogP contribution < -0.4 is 9.47 Å². The molecule has 1 aromatic heterocycles. The van der Waals surface area contributed by atoms with Gasteiger partial charge in [-0.15, -0.1) is 0 Å². The lowest BCUT2D eigenvalue weighted by Crippen LogP contribution is -2.12. The normalized spacial score (nSPS) is 11.7. The molecule has 24 heavy (non-hydrogen) atoms. The Morgan fingerprint density at radius 3 is 2.38 bits per heavy atom. The Hall–Kier alpha value is -2.09. The van der Waals surface area contributed by atoms with Crippen LogP contribution in [0.5, 0.6) is 11.6 Å². The minimum atomic E-state index is -4.74. The van der Waals surface area contributed by atoms with Crippen LogP contribution >= 0.6 is 11.6 Å². The van der Waals surface area contributed by atoms with Crippen molar-refractivity contribution in [3.05, 3.63) is 35.0 Å². The molecule has 0 saturated heterocycles. The SMILES string of the molecule is COc1nc(C(F)(F)F)ncc1-c1cc(OC(C)C)c(Cl)cc1F. The molecule has 0 unspecified atom stereocenters. The third-order valence-corrected chi connectivity index (χ3v) is 3.17. The Kier molecular flexibility index (Phi) is 5.17. The number of ether oxygens (including phenoxy) is 2. The van der Waals surface area contributed by atoms with Crippen LogP contribution in [-0.2, 0) is 6.18 Å². The molecule has 1 aromatic carbocycles. The summed E-state index contributed by atoms with van der Waals surface area (Å²) in [5, 5.41) is 0.0387. The number of rotatable bonds is 4. The smallest absolute Gasteiger partial charge is 0.451 e. The summed E-state index contributed by atoms with van der Waals surface area (Å²) in [6.45, 7) is 3.50. The fourth-order valence-corrected chi connectivity index (χ4v) is 2.12. The fourth-order valence-electron chi connectivity index (χ4n) is 1.92. The molecule has 0 spiro atoms. The number of nitrogens with zero attached hydrogens (tertiary/aromatic N) is 2. The molecule has 130 valence electrons. The lowest BCUT2D eigenvalue weighted by Gasteiger charge is -2.15. The van der Waals surface area contributed by atoms with Crippen LogP contribution in [0.25, 0.3) is 11.1 Å². The van der Waals surface area contributed by atoms with E-state index in [2.05, 4.69) is 9.97 Å². The van der Waals surface area contributed by atoms with Crippen LogP contribution in [0.15, 0.2) is 18.3 Å². The third kappa shape index (κ3) is 3.87. The molecular formula is C15H13ClF4N2O2. The molecule has 0 aliphatic carbocycles. The highest BCUT2D eigenvalue weighted by molar-refractivity contribution is 6.32. The maximum atomic E-state index is 14.2. The molecule has 0 aliphatic rings. The van der Waals surface area contributed by atoms with E-state index in [9.17, 15) is 17.6 Å². The molecule has 0 bridgehead atoms. The lowest BCUT2D eigenvalue weighted by molar-refractivity contribution is -0.145. The van der Waals surface area contributed by atoms with Crippen molar-refractivity contribution >= 4 is 11.6 Å². The number of benzene rings is 1. The average molecular weight is 365 g/mol.